The van der Waals surface area contributed by atoms with E-state index in [0.717, 1.165) is 35.3 Å². The molecule has 0 unspecified atom stereocenters. The molecule has 0 aliphatic carbocycles. The van der Waals surface area contributed by atoms with Crippen LogP contribution in [0.5, 0.6) is 0 Å². The number of nitrogens with two attached hydrogens (primary N) is 1. The van der Waals surface area contributed by atoms with E-state index in [2.05, 4.69) is 17.1 Å². The van der Waals surface area contributed by atoms with E-state index >= 15 is 0 Å². The van der Waals surface area contributed by atoms with Gasteiger partial charge in [-0.2, -0.15) is 0 Å². The smallest absolute Gasteiger partial charge is 0.267 e. The Hall–Kier alpha value is -1.97. The third-order valence-electron chi connectivity index (χ3n) is 2.83. The number of hydrogen-bond acceptors (Lipinski definition) is 2. The van der Waals surface area contributed by atoms with E-state index in [-0.39, 0.29) is 5.56 Å². The molecular weight excluding hydrogens is 214 g/mol. The van der Waals surface area contributed by atoms with Crippen LogP contribution in [0.3, 0.4) is 0 Å². The minimum Gasteiger partial charge on any atom is -0.399 e. The molecule has 1 heterocycles. The summed E-state index contributed by atoms with van der Waals surface area (Å²) >= 11 is 0. The van der Waals surface area contributed by atoms with E-state index < -0.39 is 0 Å². The van der Waals surface area contributed by atoms with Gasteiger partial charge in [0, 0.05) is 23.4 Å². The van der Waals surface area contributed by atoms with Crippen LogP contribution in [-0.2, 0) is 12.8 Å². The average Bonchev–Trinajstić information content (AvgIpc) is 2.65. The predicted molar refractivity (Wildman–Crippen MR) is 69.1 cm³/mol. The van der Waals surface area contributed by atoms with Gasteiger partial charge in [0.2, 0.25) is 0 Å². The van der Waals surface area contributed by atoms with Crippen molar-refractivity contribution in [1.82, 2.24) is 10.2 Å². The molecule has 0 atom stereocenters. The number of H-pyrrole nitrogens is 2. The highest BCUT2D eigenvalue weighted by Gasteiger charge is 2.09. The fraction of sp³-hybridized carbons (Fsp3) is 0.308. The van der Waals surface area contributed by atoms with E-state index in [1.807, 2.05) is 24.3 Å². The zero-order chi connectivity index (χ0) is 12.3. The van der Waals surface area contributed by atoms with Crippen molar-refractivity contribution in [2.24, 2.45) is 0 Å². The highest BCUT2D eigenvalue weighted by Crippen LogP contribution is 2.12. The first-order valence-corrected chi connectivity index (χ1v) is 5.83. The standard InChI is InChI=1S/C13H17N3O/c1-2-3-12-11(13(17)16-15-12)8-9-4-6-10(14)7-5-9/h4-7H,2-3,8,14H2,1H3,(H2,15,16,17). The van der Waals surface area contributed by atoms with Gasteiger partial charge < -0.3 is 10.8 Å². The fourth-order valence-corrected chi connectivity index (χ4v) is 1.91. The SMILES string of the molecule is CCCc1[nH][nH]c(=O)c1Cc1ccc(N)cc1. The van der Waals surface area contributed by atoms with Crippen LogP contribution >= 0.6 is 0 Å². The fourth-order valence-electron chi connectivity index (χ4n) is 1.91. The first-order chi connectivity index (χ1) is 8.20. The molecule has 0 fully saturated rings. The number of aromatic nitrogens is 2. The van der Waals surface area contributed by atoms with Gasteiger partial charge in [-0.05, 0) is 24.1 Å². The van der Waals surface area contributed by atoms with Crippen LogP contribution in [0.25, 0.3) is 0 Å². The van der Waals surface area contributed by atoms with Crippen LogP contribution in [0.15, 0.2) is 29.1 Å². The van der Waals surface area contributed by atoms with Gasteiger partial charge in [-0.15, -0.1) is 0 Å². The Morgan fingerprint density at radius 1 is 1.18 bits per heavy atom. The predicted octanol–water partition coefficient (Wildman–Crippen LogP) is 1.83. The monoisotopic (exact) mass is 231 g/mol. The molecule has 1 aromatic heterocycles. The van der Waals surface area contributed by atoms with E-state index in [0.29, 0.717) is 6.42 Å². The zero-order valence-electron chi connectivity index (χ0n) is 9.92. The van der Waals surface area contributed by atoms with Gasteiger partial charge in [0.05, 0.1) is 0 Å². The molecule has 2 rings (SSSR count). The van der Waals surface area contributed by atoms with Gasteiger partial charge in [-0.1, -0.05) is 25.5 Å². The lowest BCUT2D eigenvalue weighted by atomic mass is 10.0. The molecule has 4 heteroatoms. The number of nitrogen functional groups attached to an aromatic ring is 1. The number of hydrogen-bond donors (Lipinski definition) is 3. The molecular formula is C13H17N3O. The summed E-state index contributed by atoms with van der Waals surface area (Å²) in [4.78, 5) is 11.7. The summed E-state index contributed by atoms with van der Waals surface area (Å²) in [5, 5.41) is 5.59. The lowest BCUT2D eigenvalue weighted by Crippen LogP contribution is -2.07. The molecule has 0 radical (unpaired) electrons. The Bertz CT molecular complexity index is 537. The van der Waals surface area contributed by atoms with Crippen molar-refractivity contribution >= 4 is 5.69 Å². The number of aryl methyl sites for hydroxylation is 1. The van der Waals surface area contributed by atoms with Crippen LogP contribution in [-0.4, -0.2) is 10.2 Å². The minimum atomic E-state index is -0.0229. The number of aromatic amines is 2. The molecule has 4 nitrogen and oxygen atoms in total. The number of anilines is 1. The molecule has 90 valence electrons. The lowest BCUT2D eigenvalue weighted by molar-refractivity contribution is 0.856. The molecule has 0 saturated carbocycles. The van der Waals surface area contributed by atoms with E-state index in [1.54, 1.807) is 0 Å². The van der Waals surface area contributed by atoms with Crippen molar-refractivity contribution in [2.75, 3.05) is 5.73 Å². The molecule has 2 aromatic rings. The second kappa shape index (κ2) is 4.91. The van der Waals surface area contributed by atoms with Gasteiger partial charge >= 0.3 is 0 Å². The van der Waals surface area contributed by atoms with Crippen LogP contribution in [0, 0.1) is 0 Å². The van der Waals surface area contributed by atoms with Crippen molar-refractivity contribution in [1.29, 1.82) is 0 Å². The van der Waals surface area contributed by atoms with E-state index in [1.165, 1.54) is 0 Å². The zero-order valence-corrected chi connectivity index (χ0v) is 9.92. The maximum Gasteiger partial charge on any atom is 0.267 e. The maximum absolute atomic E-state index is 11.7. The third kappa shape index (κ3) is 2.58. The number of rotatable bonds is 4. The number of nitrogens with one attached hydrogen (secondary N) is 2. The third-order valence-corrected chi connectivity index (χ3v) is 2.83. The summed E-state index contributed by atoms with van der Waals surface area (Å²) in [6.07, 6.45) is 2.56. The topological polar surface area (TPSA) is 74.7 Å². The highest BCUT2D eigenvalue weighted by atomic mass is 16.1. The van der Waals surface area contributed by atoms with Crippen LogP contribution < -0.4 is 11.3 Å². The van der Waals surface area contributed by atoms with Crippen molar-refractivity contribution in [2.45, 2.75) is 26.2 Å². The summed E-state index contributed by atoms with van der Waals surface area (Å²) < 4.78 is 0. The molecule has 17 heavy (non-hydrogen) atoms. The Kier molecular flexibility index (Phi) is 3.32. The Balaban J connectivity index is 2.26. The van der Waals surface area contributed by atoms with Gasteiger partial charge in [0.15, 0.2) is 0 Å². The molecule has 0 amide bonds. The molecule has 0 bridgehead atoms. The Morgan fingerprint density at radius 3 is 2.53 bits per heavy atom. The van der Waals surface area contributed by atoms with Gasteiger partial charge in [-0.25, -0.2) is 0 Å². The van der Waals surface area contributed by atoms with Crippen molar-refractivity contribution in [3.8, 4) is 0 Å². The van der Waals surface area contributed by atoms with Crippen LogP contribution in [0.2, 0.25) is 0 Å². The minimum absolute atomic E-state index is 0.0229. The highest BCUT2D eigenvalue weighted by molar-refractivity contribution is 5.40. The lowest BCUT2D eigenvalue weighted by Gasteiger charge is -2.02. The second-order valence-corrected chi connectivity index (χ2v) is 4.20. The second-order valence-electron chi connectivity index (χ2n) is 4.20. The van der Waals surface area contributed by atoms with Crippen molar-refractivity contribution < 1.29 is 0 Å². The van der Waals surface area contributed by atoms with E-state index in [4.69, 9.17) is 5.73 Å². The summed E-state index contributed by atoms with van der Waals surface area (Å²) in [5.41, 5.74) is 9.29. The maximum atomic E-state index is 11.7. The summed E-state index contributed by atoms with van der Waals surface area (Å²) in [7, 11) is 0. The average molecular weight is 231 g/mol. The van der Waals surface area contributed by atoms with Crippen molar-refractivity contribution in [3.63, 3.8) is 0 Å². The normalized spacial score (nSPS) is 10.6. The van der Waals surface area contributed by atoms with Crippen LogP contribution in [0.4, 0.5) is 5.69 Å². The molecule has 4 N–H and O–H groups in total. The largest absolute Gasteiger partial charge is 0.399 e. The molecule has 0 spiro atoms. The van der Waals surface area contributed by atoms with Crippen molar-refractivity contribution in [3.05, 3.63) is 51.4 Å². The first-order valence-electron chi connectivity index (χ1n) is 5.83. The molecule has 0 aliphatic rings. The molecule has 0 aliphatic heterocycles. The van der Waals surface area contributed by atoms with Crippen LogP contribution in [0.1, 0.15) is 30.2 Å². The van der Waals surface area contributed by atoms with Gasteiger partial charge in [-0.3, -0.25) is 9.89 Å². The van der Waals surface area contributed by atoms with Gasteiger partial charge in [0.1, 0.15) is 0 Å². The Morgan fingerprint density at radius 2 is 1.88 bits per heavy atom. The molecule has 1 aromatic carbocycles. The summed E-state index contributed by atoms with van der Waals surface area (Å²) in [6.45, 7) is 2.10. The van der Waals surface area contributed by atoms with E-state index in [9.17, 15) is 4.79 Å². The summed E-state index contributed by atoms with van der Waals surface area (Å²) in [6, 6.07) is 7.63. The first kappa shape index (κ1) is 11.5. The molecule has 0 saturated heterocycles. The number of benzene rings is 1. The van der Waals surface area contributed by atoms with Gasteiger partial charge in [0.25, 0.3) is 5.56 Å². The summed E-state index contributed by atoms with van der Waals surface area (Å²) in [5.74, 6) is 0. The Labute approximate surface area is 99.8 Å². The quantitative estimate of drug-likeness (QED) is 0.702.